The molecule has 0 aliphatic heterocycles. The fraction of sp³-hybridized carbons (Fsp3) is 0.278. The zero-order chi connectivity index (χ0) is 17.6. The molecular formula is C18H21N5O2. The molecule has 130 valence electrons. The first-order valence-electron chi connectivity index (χ1n) is 7.97. The maximum Gasteiger partial charge on any atom is 0.207 e. The van der Waals surface area contributed by atoms with Crippen LogP contribution in [0.5, 0.6) is 5.75 Å². The van der Waals surface area contributed by atoms with Crippen LogP contribution in [0.4, 0.5) is 11.4 Å². The summed E-state index contributed by atoms with van der Waals surface area (Å²) in [6, 6.07) is 15.9. The molecule has 1 heterocycles. The molecule has 7 heteroatoms. The van der Waals surface area contributed by atoms with Gasteiger partial charge in [0.1, 0.15) is 5.75 Å². The highest BCUT2D eigenvalue weighted by molar-refractivity contribution is 5.78. The topological polar surface area (TPSA) is 65.3 Å². The molecule has 0 aliphatic rings. The number of methoxy groups -OCH3 is 2. The minimum absolute atomic E-state index is 0.545. The second-order valence-electron chi connectivity index (χ2n) is 5.48. The number of hydrogen-bond donors (Lipinski definition) is 0. The fourth-order valence-corrected chi connectivity index (χ4v) is 2.52. The van der Waals surface area contributed by atoms with Crippen LogP contribution in [0.1, 0.15) is 0 Å². The maximum absolute atomic E-state index is 5.22. The molecule has 0 spiro atoms. The van der Waals surface area contributed by atoms with E-state index in [1.54, 1.807) is 19.0 Å². The van der Waals surface area contributed by atoms with Crippen LogP contribution >= 0.6 is 0 Å². The molecule has 0 amide bonds. The van der Waals surface area contributed by atoms with E-state index < -0.39 is 0 Å². The van der Waals surface area contributed by atoms with Crippen molar-refractivity contribution in [2.24, 2.45) is 0 Å². The highest BCUT2D eigenvalue weighted by atomic mass is 16.5. The smallest absolute Gasteiger partial charge is 0.207 e. The summed E-state index contributed by atoms with van der Waals surface area (Å²) < 4.78 is 10.3. The normalized spacial score (nSPS) is 10.7. The first-order chi connectivity index (χ1) is 12.2. The predicted molar refractivity (Wildman–Crippen MR) is 96.2 cm³/mol. The molecule has 0 bridgehead atoms. The lowest BCUT2D eigenvalue weighted by molar-refractivity contribution is 0.178. The summed E-state index contributed by atoms with van der Waals surface area (Å²) in [4.78, 5) is 3.63. The van der Waals surface area contributed by atoms with Gasteiger partial charge in [-0.2, -0.15) is 4.80 Å². The van der Waals surface area contributed by atoms with Crippen LogP contribution in [0.2, 0.25) is 0 Å². The second-order valence-corrected chi connectivity index (χ2v) is 5.48. The SMILES string of the molecule is COCCn1nnc(-c2ccccc2N(C)c2ccc(OC)cc2)n1. The Morgan fingerprint density at radius 2 is 1.80 bits per heavy atom. The molecule has 0 atom stereocenters. The van der Waals surface area contributed by atoms with Crippen molar-refractivity contribution < 1.29 is 9.47 Å². The number of para-hydroxylation sites is 1. The van der Waals surface area contributed by atoms with Crippen LogP contribution in [0, 0.1) is 0 Å². The number of aromatic nitrogens is 4. The maximum atomic E-state index is 5.22. The Morgan fingerprint density at radius 1 is 1.04 bits per heavy atom. The summed E-state index contributed by atoms with van der Waals surface area (Å²) in [5.74, 6) is 1.42. The Labute approximate surface area is 146 Å². The van der Waals surface area contributed by atoms with E-state index in [-0.39, 0.29) is 0 Å². The number of nitrogens with zero attached hydrogens (tertiary/aromatic N) is 5. The second kappa shape index (κ2) is 7.76. The van der Waals surface area contributed by atoms with Crippen molar-refractivity contribution in [1.82, 2.24) is 20.2 Å². The number of rotatable bonds is 7. The molecule has 0 saturated heterocycles. The van der Waals surface area contributed by atoms with E-state index in [4.69, 9.17) is 9.47 Å². The van der Waals surface area contributed by atoms with Gasteiger partial charge < -0.3 is 14.4 Å². The van der Waals surface area contributed by atoms with Crippen molar-refractivity contribution in [2.45, 2.75) is 6.54 Å². The summed E-state index contributed by atoms with van der Waals surface area (Å²) in [5, 5.41) is 12.7. The number of hydrogen-bond acceptors (Lipinski definition) is 6. The molecule has 2 aromatic carbocycles. The number of anilines is 2. The molecule has 0 N–H and O–H groups in total. The first-order valence-corrected chi connectivity index (χ1v) is 7.97. The van der Waals surface area contributed by atoms with E-state index in [0.717, 1.165) is 22.7 Å². The molecule has 0 aliphatic carbocycles. The Morgan fingerprint density at radius 3 is 2.52 bits per heavy atom. The first kappa shape index (κ1) is 16.9. The van der Waals surface area contributed by atoms with E-state index in [9.17, 15) is 0 Å². The number of ether oxygens (including phenoxy) is 2. The van der Waals surface area contributed by atoms with Gasteiger partial charge in [-0.25, -0.2) is 0 Å². The zero-order valence-electron chi connectivity index (χ0n) is 14.6. The summed E-state index contributed by atoms with van der Waals surface area (Å²) in [6.45, 7) is 1.11. The number of tetrazole rings is 1. The molecule has 0 radical (unpaired) electrons. The highest BCUT2D eigenvalue weighted by Crippen LogP contribution is 2.32. The van der Waals surface area contributed by atoms with E-state index in [0.29, 0.717) is 19.0 Å². The van der Waals surface area contributed by atoms with Gasteiger partial charge >= 0.3 is 0 Å². The Bertz CT molecular complexity index is 816. The third-order valence-electron chi connectivity index (χ3n) is 3.91. The van der Waals surface area contributed by atoms with Crippen LogP contribution in [0.25, 0.3) is 11.4 Å². The quantitative estimate of drug-likeness (QED) is 0.659. The molecule has 25 heavy (non-hydrogen) atoms. The molecule has 7 nitrogen and oxygen atoms in total. The van der Waals surface area contributed by atoms with E-state index in [1.807, 2.05) is 55.6 Å². The summed E-state index contributed by atoms with van der Waals surface area (Å²) >= 11 is 0. The highest BCUT2D eigenvalue weighted by Gasteiger charge is 2.14. The average molecular weight is 339 g/mol. The Balaban J connectivity index is 1.90. The van der Waals surface area contributed by atoms with E-state index in [2.05, 4.69) is 20.3 Å². The average Bonchev–Trinajstić information content (AvgIpc) is 3.14. The standard InChI is InChI=1S/C18H21N5O2/c1-22(14-8-10-15(25-3)11-9-14)17-7-5-4-6-16(17)18-19-21-23(20-18)12-13-24-2/h4-11H,12-13H2,1-3H3. The summed E-state index contributed by atoms with van der Waals surface area (Å²) in [6.07, 6.45) is 0. The van der Waals surface area contributed by atoms with Crippen molar-refractivity contribution in [3.8, 4) is 17.1 Å². The molecule has 0 unspecified atom stereocenters. The lowest BCUT2D eigenvalue weighted by Crippen LogP contribution is -2.11. The van der Waals surface area contributed by atoms with Gasteiger partial charge in [-0.3, -0.25) is 0 Å². The molecule has 3 rings (SSSR count). The van der Waals surface area contributed by atoms with Crippen LogP contribution in [-0.4, -0.2) is 48.1 Å². The third kappa shape index (κ3) is 3.77. The van der Waals surface area contributed by atoms with Crippen LogP contribution in [-0.2, 0) is 11.3 Å². The van der Waals surface area contributed by atoms with E-state index >= 15 is 0 Å². The van der Waals surface area contributed by atoms with Gasteiger partial charge in [0.25, 0.3) is 0 Å². The van der Waals surface area contributed by atoms with Gasteiger partial charge in [0.05, 0.1) is 25.9 Å². The molecule has 0 fully saturated rings. The van der Waals surface area contributed by atoms with Crippen LogP contribution < -0.4 is 9.64 Å². The van der Waals surface area contributed by atoms with Crippen molar-refractivity contribution in [3.05, 3.63) is 48.5 Å². The summed E-state index contributed by atoms with van der Waals surface area (Å²) in [7, 11) is 5.32. The van der Waals surface area contributed by atoms with Crippen LogP contribution in [0.3, 0.4) is 0 Å². The fourth-order valence-electron chi connectivity index (χ4n) is 2.52. The lowest BCUT2D eigenvalue weighted by atomic mass is 10.1. The van der Waals surface area contributed by atoms with Gasteiger partial charge in [-0.1, -0.05) is 12.1 Å². The Kier molecular flexibility index (Phi) is 5.25. The largest absolute Gasteiger partial charge is 0.497 e. The molecular weight excluding hydrogens is 318 g/mol. The van der Waals surface area contributed by atoms with Gasteiger partial charge in [0, 0.05) is 25.4 Å². The van der Waals surface area contributed by atoms with E-state index in [1.165, 1.54) is 0 Å². The van der Waals surface area contributed by atoms with Gasteiger partial charge in [-0.05, 0) is 41.6 Å². The molecule has 3 aromatic rings. The minimum atomic E-state index is 0.545. The zero-order valence-corrected chi connectivity index (χ0v) is 14.6. The van der Waals surface area contributed by atoms with Crippen molar-refractivity contribution >= 4 is 11.4 Å². The van der Waals surface area contributed by atoms with Gasteiger partial charge in [0.2, 0.25) is 5.82 Å². The van der Waals surface area contributed by atoms with Gasteiger partial charge in [-0.15, -0.1) is 10.2 Å². The van der Waals surface area contributed by atoms with Crippen molar-refractivity contribution in [1.29, 1.82) is 0 Å². The van der Waals surface area contributed by atoms with Crippen LogP contribution in [0.15, 0.2) is 48.5 Å². The lowest BCUT2D eigenvalue weighted by Gasteiger charge is -2.21. The third-order valence-corrected chi connectivity index (χ3v) is 3.91. The monoisotopic (exact) mass is 339 g/mol. The Hall–Kier alpha value is -2.93. The van der Waals surface area contributed by atoms with Crippen molar-refractivity contribution in [2.75, 3.05) is 32.8 Å². The number of benzene rings is 2. The molecule has 0 saturated carbocycles. The molecule has 1 aromatic heterocycles. The minimum Gasteiger partial charge on any atom is -0.497 e. The van der Waals surface area contributed by atoms with Gasteiger partial charge in [0.15, 0.2) is 0 Å². The summed E-state index contributed by atoms with van der Waals surface area (Å²) in [5.41, 5.74) is 2.96. The predicted octanol–water partition coefficient (Wildman–Crippen LogP) is 2.76. The van der Waals surface area contributed by atoms with Crippen molar-refractivity contribution in [3.63, 3.8) is 0 Å².